The molecule has 0 unspecified atom stereocenters. The minimum atomic E-state index is -0.503. The Labute approximate surface area is 115 Å². The number of carbonyl (C=O) groups is 1. The molecule has 4 nitrogen and oxygen atoms in total. The lowest BCUT2D eigenvalue weighted by Crippen LogP contribution is -2.28. The van der Waals surface area contributed by atoms with Crippen molar-refractivity contribution >= 4 is 27.6 Å². The summed E-state index contributed by atoms with van der Waals surface area (Å²) in [6.07, 6.45) is 0. The predicted molar refractivity (Wildman–Crippen MR) is 73.2 cm³/mol. The summed E-state index contributed by atoms with van der Waals surface area (Å²) in [6, 6.07) is 7.30. The molecular weight excluding hydrogens is 296 g/mol. The number of rotatable bonds is 3. The zero-order chi connectivity index (χ0) is 13.8. The normalized spacial score (nSPS) is 10.6. The van der Waals surface area contributed by atoms with Crippen LogP contribution in [0.1, 0.15) is 26.3 Å². The quantitative estimate of drug-likeness (QED) is 0.872. The molecule has 96 valence electrons. The number of anilines is 1. The number of halogens is 1. The first-order valence-electron chi connectivity index (χ1n) is 5.47. The summed E-state index contributed by atoms with van der Waals surface area (Å²) in [7, 11) is 0. The smallest absolute Gasteiger partial charge is 0.325 e. The van der Waals surface area contributed by atoms with E-state index in [1.807, 2.05) is 20.8 Å². The van der Waals surface area contributed by atoms with E-state index >= 15 is 0 Å². The summed E-state index contributed by atoms with van der Waals surface area (Å²) >= 11 is 3.29. The molecule has 0 saturated heterocycles. The molecule has 0 atom stereocenters. The first-order valence-corrected chi connectivity index (χ1v) is 6.26. The van der Waals surface area contributed by atoms with Crippen LogP contribution in [0.15, 0.2) is 22.7 Å². The van der Waals surface area contributed by atoms with Gasteiger partial charge in [-0.3, -0.25) is 4.79 Å². The monoisotopic (exact) mass is 310 g/mol. The van der Waals surface area contributed by atoms with Crippen LogP contribution in [-0.4, -0.2) is 18.1 Å². The van der Waals surface area contributed by atoms with E-state index in [-0.39, 0.29) is 12.5 Å². The number of hydrogen-bond donors (Lipinski definition) is 1. The topological polar surface area (TPSA) is 62.1 Å². The number of hydrogen-bond acceptors (Lipinski definition) is 4. The van der Waals surface area contributed by atoms with Gasteiger partial charge in [-0.1, -0.05) is 15.9 Å². The van der Waals surface area contributed by atoms with Gasteiger partial charge in [0.2, 0.25) is 0 Å². The van der Waals surface area contributed by atoms with Crippen molar-refractivity contribution in [2.45, 2.75) is 26.4 Å². The number of carbonyl (C=O) groups excluding carboxylic acids is 1. The summed E-state index contributed by atoms with van der Waals surface area (Å²) in [4.78, 5) is 11.5. The van der Waals surface area contributed by atoms with Gasteiger partial charge in [0.05, 0.1) is 11.3 Å². The minimum Gasteiger partial charge on any atom is -0.459 e. The van der Waals surface area contributed by atoms with Gasteiger partial charge < -0.3 is 10.1 Å². The average Bonchev–Trinajstić information content (AvgIpc) is 2.24. The van der Waals surface area contributed by atoms with Crippen LogP contribution in [0.4, 0.5) is 5.69 Å². The van der Waals surface area contributed by atoms with E-state index < -0.39 is 5.60 Å². The predicted octanol–water partition coefficient (Wildman–Crippen LogP) is 3.07. The van der Waals surface area contributed by atoms with Gasteiger partial charge in [-0.2, -0.15) is 5.26 Å². The third-order valence-electron chi connectivity index (χ3n) is 1.95. The van der Waals surface area contributed by atoms with Crippen molar-refractivity contribution in [3.63, 3.8) is 0 Å². The third-order valence-corrected chi connectivity index (χ3v) is 2.44. The lowest BCUT2D eigenvalue weighted by atomic mass is 10.2. The first kappa shape index (κ1) is 14.5. The molecule has 1 aromatic rings. The second-order valence-electron chi connectivity index (χ2n) is 4.74. The Kier molecular flexibility index (Phi) is 4.74. The number of ether oxygens (including phenoxy) is 1. The highest BCUT2D eigenvalue weighted by atomic mass is 79.9. The molecule has 0 amide bonds. The summed E-state index contributed by atoms with van der Waals surface area (Å²) < 4.78 is 5.98. The van der Waals surface area contributed by atoms with E-state index in [1.54, 1.807) is 18.2 Å². The number of benzene rings is 1. The molecule has 0 aliphatic heterocycles. The molecule has 0 aliphatic rings. The molecule has 1 N–H and O–H groups in total. The van der Waals surface area contributed by atoms with Gasteiger partial charge in [0, 0.05) is 4.47 Å². The molecule has 0 aromatic heterocycles. The molecule has 0 bridgehead atoms. The van der Waals surface area contributed by atoms with Crippen molar-refractivity contribution < 1.29 is 9.53 Å². The van der Waals surface area contributed by atoms with Gasteiger partial charge in [0.15, 0.2) is 0 Å². The van der Waals surface area contributed by atoms with Crippen molar-refractivity contribution in [3.05, 3.63) is 28.2 Å². The van der Waals surface area contributed by atoms with Crippen LogP contribution in [0.25, 0.3) is 0 Å². The van der Waals surface area contributed by atoms with Crippen molar-refractivity contribution in [3.8, 4) is 6.07 Å². The van der Waals surface area contributed by atoms with Crippen LogP contribution < -0.4 is 5.32 Å². The Bertz CT molecular complexity index is 487. The van der Waals surface area contributed by atoms with E-state index in [4.69, 9.17) is 10.00 Å². The third kappa shape index (κ3) is 4.76. The fraction of sp³-hybridized carbons (Fsp3) is 0.385. The zero-order valence-corrected chi connectivity index (χ0v) is 12.2. The molecule has 5 heteroatoms. The van der Waals surface area contributed by atoms with Crippen LogP contribution in [0.5, 0.6) is 0 Å². The molecule has 1 aromatic carbocycles. The number of nitriles is 1. The largest absolute Gasteiger partial charge is 0.459 e. The highest BCUT2D eigenvalue weighted by Gasteiger charge is 2.16. The summed E-state index contributed by atoms with van der Waals surface area (Å²) in [5.74, 6) is -0.352. The summed E-state index contributed by atoms with van der Waals surface area (Å²) in [5, 5.41) is 11.9. The number of nitrogens with zero attached hydrogens (tertiary/aromatic N) is 1. The lowest BCUT2D eigenvalue weighted by molar-refractivity contribution is -0.152. The summed E-state index contributed by atoms with van der Waals surface area (Å²) in [5.41, 5.74) is 0.593. The molecule has 18 heavy (non-hydrogen) atoms. The van der Waals surface area contributed by atoms with Crippen LogP contribution in [-0.2, 0) is 9.53 Å². The van der Waals surface area contributed by atoms with Crippen LogP contribution in [0.2, 0.25) is 0 Å². The first-order chi connectivity index (χ1) is 8.31. The van der Waals surface area contributed by atoms with Crippen molar-refractivity contribution in [1.82, 2.24) is 0 Å². The minimum absolute atomic E-state index is 0.0353. The fourth-order valence-corrected chi connectivity index (χ4v) is 1.67. The molecule has 0 saturated carbocycles. The van der Waals surface area contributed by atoms with Gasteiger partial charge >= 0.3 is 5.97 Å². The number of esters is 1. The van der Waals surface area contributed by atoms with Gasteiger partial charge in [0.1, 0.15) is 18.2 Å². The van der Waals surface area contributed by atoms with E-state index in [0.29, 0.717) is 11.3 Å². The lowest BCUT2D eigenvalue weighted by Gasteiger charge is -2.19. The Balaban J connectivity index is 2.65. The maximum atomic E-state index is 11.5. The zero-order valence-electron chi connectivity index (χ0n) is 10.6. The van der Waals surface area contributed by atoms with Crippen molar-refractivity contribution in [2.24, 2.45) is 0 Å². The molecule has 1 rings (SSSR count). The Hall–Kier alpha value is -1.54. The van der Waals surface area contributed by atoms with Gasteiger partial charge in [-0.05, 0) is 39.0 Å². The SMILES string of the molecule is CC(C)(C)OC(=O)CNc1ccc(Br)cc1C#N. The Morgan fingerprint density at radius 3 is 2.72 bits per heavy atom. The molecule has 0 heterocycles. The van der Waals surface area contributed by atoms with Crippen LogP contribution >= 0.6 is 15.9 Å². The van der Waals surface area contributed by atoms with E-state index in [1.165, 1.54) is 0 Å². The Morgan fingerprint density at radius 1 is 1.50 bits per heavy atom. The molecule has 0 fully saturated rings. The molecule has 0 radical (unpaired) electrons. The van der Waals surface area contributed by atoms with Crippen LogP contribution in [0.3, 0.4) is 0 Å². The van der Waals surface area contributed by atoms with Crippen molar-refractivity contribution in [1.29, 1.82) is 5.26 Å². The highest BCUT2D eigenvalue weighted by Crippen LogP contribution is 2.20. The van der Waals surface area contributed by atoms with Gasteiger partial charge in [0.25, 0.3) is 0 Å². The molecular formula is C13H15BrN2O2. The summed E-state index contributed by atoms with van der Waals surface area (Å²) in [6.45, 7) is 5.47. The van der Waals surface area contributed by atoms with Gasteiger partial charge in [-0.25, -0.2) is 0 Å². The molecule has 0 spiro atoms. The van der Waals surface area contributed by atoms with Crippen molar-refractivity contribution in [2.75, 3.05) is 11.9 Å². The highest BCUT2D eigenvalue weighted by molar-refractivity contribution is 9.10. The van der Waals surface area contributed by atoms with E-state index in [2.05, 4.69) is 27.3 Å². The average molecular weight is 311 g/mol. The second-order valence-corrected chi connectivity index (χ2v) is 5.66. The number of nitrogens with one attached hydrogen (secondary N) is 1. The fourth-order valence-electron chi connectivity index (χ4n) is 1.31. The van der Waals surface area contributed by atoms with Gasteiger partial charge in [-0.15, -0.1) is 0 Å². The standard InChI is InChI=1S/C13H15BrN2O2/c1-13(2,3)18-12(17)8-16-11-5-4-10(14)6-9(11)7-15/h4-6,16H,8H2,1-3H3. The molecule has 0 aliphatic carbocycles. The second kappa shape index (κ2) is 5.87. The Morgan fingerprint density at radius 2 is 2.17 bits per heavy atom. The van der Waals surface area contributed by atoms with E-state index in [0.717, 1.165) is 4.47 Å². The maximum absolute atomic E-state index is 11.5. The van der Waals surface area contributed by atoms with Crippen LogP contribution in [0, 0.1) is 11.3 Å². The van der Waals surface area contributed by atoms with E-state index in [9.17, 15) is 4.79 Å². The maximum Gasteiger partial charge on any atom is 0.325 e.